The molecule has 2 aromatic rings. The molecular formula is C18H19IO6. The zero-order chi connectivity index (χ0) is 18.6. The van der Waals surface area contributed by atoms with Crippen molar-refractivity contribution >= 4 is 28.4 Å². The monoisotopic (exact) mass is 458 g/mol. The molecule has 0 fully saturated rings. The number of halogens is 1. The SMILES string of the molecule is COc1cc(OC)c(C(=O)c2cc(OC)c(OC)cc2I)c(OC)c1. The minimum Gasteiger partial charge on any atom is -0.496 e. The van der Waals surface area contributed by atoms with Gasteiger partial charge in [0.2, 0.25) is 5.78 Å². The lowest BCUT2D eigenvalue weighted by Crippen LogP contribution is -2.09. The number of rotatable bonds is 7. The first-order valence-corrected chi connectivity index (χ1v) is 8.34. The number of methoxy groups -OCH3 is 5. The van der Waals surface area contributed by atoms with Crippen LogP contribution in [0.1, 0.15) is 15.9 Å². The molecule has 0 atom stereocenters. The molecule has 0 saturated carbocycles. The molecule has 0 aliphatic carbocycles. The van der Waals surface area contributed by atoms with Crippen molar-refractivity contribution < 1.29 is 28.5 Å². The van der Waals surface area contributed by atoms with E-state index in [0.717, 1.165) is 3.57 Å². The molecule has 134 valence electrons. The predicted octanol–water partition coefficient (Wildman–Crippen LogP) is 3.57. The second-order valence-corrected chi connectivity index (χ2v) is 6.09. The smallest absolute Gasteiger partial charge is 0.201 e. The molecule has 0 bridgehead atoms. The zero-order valence-corrected chi connectivity index (χ0v) is 16.8. The normalized spacial score (nSPS) is 10.2. The van der Waals surface area contributed by atoms with Gasteiger partial charge in [-0.1, -0.05) is 0 Å². The van der Waals surface area contributed by atoms with E-state index in [4.69, 9.17) is 23.7 Å². The minimum atomic E-state index is -0.248. The Hall–Kier alpha value is -2.16. The molecule has 0 aliphatic rings. The van der Waals surface area contributed by atoms with E-state index in [9.17, 15) is 4.79 Å². The quantitative estimate of drug-likeness (QED) is 0.467. The molecule has 0 unspecified atom stereocenters. The standard InChI is InChI=1S/C18H19IO6/c1-21-10-6-15(24-4)17(16(7-10)25-5)18(20)11-8-13(22-2)14(23-3)9-12(11)19/h6-9H,1-5H3. The zero-order valence-electron chi connectivity index (χ0n) is 14.6. The van der Waals surface area contributed by atoms with E-state index in [1.165, 1.54) is 28.4 Å². The Labute approximate surface area is 160 Å². The van der Waals surface area contributed by atoms with Crippen LogP contribution in [0, 0.1) is 3.57 Å². The summed E-state index contributed by atoms with van der Waals surface area (Å²) in [5.74, 6) is 2.04. The molecule has 0 amide bonds. The van der Waals surface area contributed by atoms with Crippen LogP contribution in [-0.4, -0.2) is 41.3 Å². The summed E-state index contributed by atoms with van der Waals surface area (Å²) in [6, 6.07) is 6.67. The Balaban J connectivity index is 2.65. The second-order valence-electron chi connectivity index (χ2n) is 4.92. The molecule has 0 heterocycles. The van der Waals surface area contributed by atoms with E-state index in [0.29, 0.717) is 39.9 Å². The van der Waals surface area contributed by atoms with Gasteiger partial charge in [-0.05, 0) is 34.7 Å². The fourth-order valence-electron chi connectivity index (χ4n) is 2.39. The summed E-state index contributed by atoms with van der Waals surface area (Å²) in [6.07, 6.45) is 0. The Kier molecular flexibility index (Phi) is 6.35. The van der Waals surface area contributed by atoms with Crippen LogP contribution in [0.2, 0.25) is 0 Å². The molecule has 0 radical (unpaired) electrons. The lowest BCUT2D eigenvalue weighted by molar-refractivity contribution is 0.103. The highest BCUT2D eigenvalue weighted by molar-refractivity contribution is 14.1. The number of ketones is 1. The van der Waals surface area contributed by atoms with Gasteiger partial charge < -0.3 is 23.7 Å². The van der Waals surface area contributed by atoms with Crippen LogP contribution in [0.15, 0.2) is 24.3 Å². The van der Waals surface area contributed by atoms with Gasteiger partial charge in [-0.15, -0.1) is 0 Å². The van der Waals surface area contributed by atoms with E-state index in [-0.39, 0.29) is 5.78 Å². The van der Waals surface area contributed by atoms with Gasteiger partial charge in [0.05, 0.1) is 35.5 Å². The van der Waals surface area contributed by atoms with Gasteiger partial charge in [-0.3, -0.25) is 4.79 Å². The highest BCUT2D eigenvalue weighted by atomic mass is 127. The van der Waals surface area contributed by atoms with Crippen LogP contribution >= 0.6 is 22.6 Å². The number of benzene rings is 2. The molecule has 7 heteroatoms. The number of hydrogen-bond donors (Lipinski definition) is 0. The van der Waals surface area contributed by atoms with Crippen molar-refractivity contribution in [1.29, 1.82) is 0 Å². The average Bonchev–Trinajstić information content (AvgIpc) is 2.65. The van der Waals surface area contributed by atoms with Gasteiger partial charge >= 0.3 is 0 Å². The summed E-state index contributed by atoms with van der Waals surface area (Å²) in [5, 5.41) is 0. The minimum absolute atomic E-state index is 0.248. The third kappa shape index (κ3) is 3.76. The van der Waals surface area contributed by atoms with Crippen LogP contribution in [-0.2, 0) is 0 Å². The van der Waals surface area contributed by atoms with Gasteiger partial charge in [0, 0.05) is 21.3 Å². The molecule has 6 nitrogen and oxygen atoms in total. The molecule has 0 spiro atoms. The molecule has 2 rings (SSSR count). The van der Waals surface area contributed by atoms with Crippen molar-refractivity contribution in [3.8, 4) is 28.7 Å². The summed E-state index contributed by atoms with van der Waals surface area (Å²) >= 11 is 2.08. The number of carbonyl (C=O) groups is 1. The Morgan fingerprint density at radius 3 is 1.64 bits per heavy atom. The van der Waals surface area contributed by atoms with E-state index in [1.54, 1.807) is 31.4 Å². The summed E-state index contributed by atoms with van der Waals surface area (Å²) < 4.78 is 27.3. The Bertz CT molecular complexity index is 762. The second kappa shape index (κ2) is 8.28. The first kappa shape index (κ1) is 19.2. The average molecular weight is 458 g/mol. The summed E-state index contributed by atoms with van der Waals surface area (Å²) in [6.45, 7) is 0. The molecule has 0 saturated heterocycles. The number of ether oxygens (including phenoxy) is 5. The first-order valence-electron chi connectivity index (χ1n) is 7.26. The van der Waals surface area contributed by atoms with E-state index in [1.807, 2.05) is 0 Å². The summed E-state index contributed by atoms with van der Waals surface area (Å²) in [7, 11) is 7.58. The largest absolute Gasteiger partial charge is 0.496 e. The lowest BCUT2D eigenvalue weighted by atomic mass is 10.0. The fraction of sp³-hybridized carbons (Fsp3) is 0.278. The lowest BCUT2D eigenvalue weighted by Gasteiger charge is -2.16. The maximum absolute atomic E-state index is 13.2. The predicted molar refractivity (Wildman–Crippen MR) is 102 cm³/mol. The third-order valence-corrected chi connectivity index (χ3v) is 4.55. The highest BCUT2D eigenvalue weighted by Gasteiger charge is 2.25. The van der Waals surface area contributed by atoms with Gasteiger partial charge in [-0.2, -0.15) is 0 Å². The van der Waals surface area contributed by atoms with Crippen molar-refractivity contribution in [2.75, 3.05) is 35.5 Å². The highest BCUT2D eigenvalue weighted by Crippen LogP contribution is 2.38. The van der Waals surface area contributed by atoms with Crippen LogP contribution in [0.25, 0.3) is 0 Å². The molecule has 25 heavy (non-hydrogen) atoms. The maximum Gasteiger partial charge on any atom is 0.201 e. The molecule has 0 aliphatic heterocycles. The molecule has 0 aromatic heterocycles. The van der Waals surface area contributed by atoms with E-state index in [2.05, 4.69) is 22.6 Å². The van der Waals surface area contributed by atoms with Gasteiger partial charge in [0.25, 0.3) is 0 Å². The summed E-state index contributed by atoms with van der Waals surface area (Å²) in [5.41, 5.74) is 0.774. The van der Waals surface area contributed by atoms with Crippen LogP contribution in [0.3, 0.4) is 0 Å². The third-order valence-electron chi connectivity index (χ3n) is 3.66. The fourth-order valence-corrected chi connectivity index (χ4v) is 3.08. The van der Waals surface area contributed by atoms with E-state index < -0.39 is 0 Å². The summed E-state index contributed by atoms with van der Waals surface area (Å²) in [4.78, 5) is 13.2. The first-order chi connectivity index (χ1) is 12.0. The number of hydrogen-bond acceptors (Lipinski definition) is 6. The van der Waals surface area contributed by atoms with Crippen molar-refractivity contribution in [3.63, 3.8) is 0 Å². The van der Waals surface area contributed by atoms with Crippen molar-refractivity contribution in [2.45, 2.75) is 0 Å². The van der Waals surface area contributed by atoms with Crippen molar-refractivity contribution in [1.82, 2.24) is 0 Å². The Morgan fingerprint density at radius 1 is 0.720 bits per heavy atom. The molecular weight excluding hydrogens is 439 g/mol. The van der Waals surface area contributed by atoms with Gasteiger partial charge in [0.15, 0.2) is 11.5 Å². The van der Waals surface area contributed by atoms with Gasteiger partial charge in [0.1, 0.15) is 22.8 Å². The topological polar surface area (TPSA) is 63.2 Å². The van der Waals surface area contributed by atoms with E-state index >= 15 is 0 Å². The van der Waals surface area contributed by atoms with Crippen molar-refractivity contribution in [2.24, 2.45) is 0 Å². The molecule has 0 N–H and O–H groups in total. The van der Waals surface area contributed by atoms with Gasteiger partial charge in [-0.25, -0.2) is 0 Å². The number of carbonyl (C=O) groups excluding carboxylic acids is 1. The molecule has 2 aromatic carbocycles. The maximum atomic E-state index is 13.2. The van der Waals surface area contributed by atoms with Crippen molar-refractivity contribution in [3.05, 3.63) is 39.0 Å². The van der Waals surface area contributed by atoms with Crippen LogP contribution < -0.4 is 23.7 Å². The Morgan fingerprint density at radius 2 is 1.20 bits per heavy atom. The van der Waals surface area contributed by atoms with Crippen LogP contribution in [0.4, 0.5) is 0 Å². The van der Waals surface area contributed by atoms with Crippen LogP contribution in [0.5, 0.6) is 28.7 Å².